The average molecular weight is 478 g/mol. The topological polar surface area (TPSA) is 148 Å². The zero-order valence-corrected chi connectivity index (χ0v) is 18.5. The van der Waals surface area contributed by atoms with Crippen molar-refractivity contribution in [2.45, 2.75) is 31.6 Å². The number of aryl methyl sites for hydroxylation is 1. The third-order valence-corrected chi connectivity index (χ3v) is 5.94. The van der Waals surface area contributed by atoms with Crippen LogP contribution < -0.4 is 11.1 Å². The van der Waals surface area contributed by atoms with Gasteiger partial charge in [0.1, 0.15) is 17.0 Å². The van der Waals surface area contributed by atoms with E-state index in [1.165, 1.54) is 12.4 Å². The number of pyridine rings is 1. The molecule has 35 heavy (non-hydrogen) atoms. The van der Waals surface area contributed by atoms with Crippen LogP contribution in [0.25, 0.3) is 22.7 Å². The van der Waals surface area contributed by atoms with Gasteiger partial charge in [0.2, 0.25) is 17.6 Å². The normalized spacial score (nSPS) is 15.7. The van der Waals surface area contributed by atoms with Crippen molar-refractivity contribution in [1.82, 2.24) is 19.5 Å². The number of anilines is 1. The monoisotopic (exact) mass is 478 g/mol. The van der Waals surface area contributed by atoms with Gasteiger partial charge in [-0.05, 0) is 30.7 Å². The fourth-order valence-electron chi connectivity index (χ4n) is 3.94. The maximum atomic E-state index is 13.2. The number of carbonyl (C=O) groups is 1. The first-order valence-corrected chi connectivity index (χ1v) is 10.7. The van der Waals surface area contributed by atoms with Crippen molar-refractivity contribution in [2.75, 3.05) is 5.32 Å². The van der Waals surface area contributed by atoms with Crippen LogP contribution in [-0.2, 0) is 0 Å². The molecule has 1 amide bonds. The molecule has 3 heterocycles. The Balaban J connectivity index is 1.37. The first-order valence-electron chi connectivity index (χ1n) is 10.7. The fourth-order valence-corrected chi connectivity index (χ4v) is 3.94. The second kappa shape index (κ2) is 8.38. The molecule has 1 saturated carbocycles. The molecular weight excluding hydrogens is 458 g/mol. The number of hydrogen-bond donors (Lipinski definition) is 3. The minimum atomic E-state index is -2.68. The first-order chi connectivity index (χ1) is 16.8. The molecule has 0 saturated heterocycles. The number of fused-ring (bicyclic) bond motifs is 1. The predicted octanol–water partition coefficient (Wildman–Crippen LogP) is 4.75. The number of alkyl halides is 2. The number of hydrogen-bond acceptors (Lipinski definition) is 8. The summed E-state index contributed by atoms with van der Waals surface area (Å²) < 4.78 is 33.1. The van der Waals surface area contributed by atoms with Gasteiger partial charge in [-0.15, -0.1) is 0 Å². The van der Waals surface area contributed by atoms with Gasteiger partial charge < -0.3 is 15.6 Å². The van der Waals surface area contributed by atoms with Gasteiger partial charge >= 0.3 is 0 Å². The van der Waals surface area contributed by atoms with E-state index >= 15 is 0 Å². The lowest BCUT2D eigenvalue weighted by Crippen LogP contribution is -2.33. The van der Waals surface area contributed by atoms with Crippen LogP contribution in [0.5, 0.6) is 0 Å². The number of rotatable bonds is 6. The molecule has 4 aromatic rings. The summed E-state index contributed by atoms with van der Waals surface area (Å²) in [5, 5.41) is 10.2. The summed E-state index contributed by atoms with van der Waals surface area (Å²) in [7, 11) is 0. The third-order valence-electron chi connectivity index (χ3n) is 5.94. The Kier molecular flexibility index (Phi) is 5.35. The molecule has 0 unspecified atom stereocenters. The van der Waals surface area contributed by atoms with Gasteiger partial charge in [-0.1, -0.05) is 17.3 Å². The van der Waals surface area contributed by atoms with Crippen molar-refractivity contribution in [1.29, 1.82) is 5.53 Å². The van der Waals surface area contributed by atoms with Gasteiger partial charge in [0.05, 0.1) is 6.20 Å². The van der Waals surface area contributed by atoms with Crippen LogP contribution in [0.1, 0.15) is 46.3 Å². The summed E-state index contributed by atoms with van der Waals surface area (Å²) in [6.07, 6.45) is 3.71. The molecule has 12 heteroatoms. The predicted molar refractivity (Wildman–Crippen MR) is 122 cm³/mol. The maximum Gasteiger partial charge on any atom is 0.274 e. The standard InChI is InChI=1S/C23H20F2N8O2/c1-12-2-3-14(20-30-22(35-32-20)15-8-23(24,25)9-15)6-16(12)29-21(34)18-11-28-19-7-13(4-5-33(18)19)17(10-26)31-27/h2-7,10-11,15,27H,8-9,26H2,1H3,(H,29,34)/b17-10-,31-27?. The number of nitrogens with one attached hydrogen (secondary N) is 2. The summed E-state index contributed by atoms with van der Waals surface area (Å²) in [5.41, 5.74) is 16.3. The quantitative estimate of drug-likeness (QED) is 0.341. The lowest BCUT2D eigenvalue weighted by Gasteiger charge is -2.31. The number of nitrogens with zero attached hydrogens (tertiary/aromatic N) is 5. The SMILES string of the molecule is Cc1ccc(-c2noc(C3CC(F)(F)C3)n2)cc1NC(=O)c1cnc2cc(/C(=C/N)N=N)ccn12. The van der Waals surface area contributed by atoms with E-state index in [-0.39, 0.29) is 30.3 Å². The smallest absolute Gasteiger partial charge is 0.274 e. The number of carbonyl (C=O) groups excluding carboxylic acids is 1. The summed E-state index contributed by atoms with van der Waals surface area (Å²) in [5.74, 6) is -3.07. The highest BCUT2D eigenvalue weighted by molar-refractivity contribution is 6.04. The Labute approximate surface area is 197 Å². The molecule has 1 aliphatic rings. The van der Waals surface area contributed by atoms with Crippen molar-refractivity contribution >= 4 is 22.9 Å². The molecule has 1 aliphatic carbocycles. The maximum absolute atomic E-state index is 13.2. The lowest BCUT2D eigenvalue weighted by atomic mass is 9.81. The Morgan fingerprint density at radius 1 is 1.34 bits per heavy atom. The summed E-state index contributed by atoms with van der Waals surface area (Å²) in [4.78, 5) is 21.6. The zero-order valence-electron chi connectivity index (χ0n) is 18.5. The zero-order chi connectivity index (χ0) is 24.7. The molecular formula is C23H20F2N8O2. The van der Waals surface area contributed by atoms with E-state index < -0.39 is 17.7 Å². The number of benzene rings is 1. The highest BCUT2D eigenvalue weighted by Gasteiger charge is 2.48. The van der Waals surface area contributed by atoms with Gasteiger partial charge in [0.25, 0.3) is 5.91 Å². The van der Waals surface area contributed by atoms with Crippen molar-refractivity contribution in [3.63, 3.8) is 0 Å². The Morgan fingerprint density at radius 3 is 2.86 bits per heavy atom. The van der Waals surface area contributed by atoms with Crippen LogP contribution in [0, 0.1) is 12.5 Å². The second-order valence-corrected chi connectivity index (χ2v) is 8.35. The van der Waals surface area contributed by atoms with E-state index in [2.05, 4.69) is 25.6 Å². The van der Waals surface area contributed by atoms with E-state index in [1.807, 2.05) is 6.92 Å². The van der Waals surface area contributed by atoms with Crippen molar-refractivity contribution in [3.8, 4) is 11.4 Å². The molecule has 0 spiro atoms. The molecule has 0 atom stereocenters. The van der Waals surface area contributed by atoms with E-state index in [0.717, 1.165) is 5.56 Å². The number of aromatic nitrogens is 4. The Morgan fingerprint density at radius 2 is 2.14 bits per heavy atom. The molecule has 0 bridgehead atoms. The van der Waals surface area contributed by atoms with Gasteiger partial charge in [-0.2, -0.15) is 10.1 Å². The van der Waals surface area contributed by atoms with Crippen LogP contribution in [0.2, 0.25) is 0 Å². The largest absolute Gasteiger partial charge is 0.403 e. The van der Waals surface area contributed by atoms with E-state index in [9.17, 15) is 13.6 Å². The van der Waals surface area contributed by atoms with Gasteiger partial charge in [0, 0.05) is 48.0 Å². The molecule has 0 radical (unpaired) electrons. The Bertz CT molecular complexity index is 1480. The number of imidazole rings is 1. The molecule has 10 nitrogen and oxygen atoms in total. The van der Waals surface area contributed by atoms with Crippen molar-refractivity contribution < 1.29 is 18.1 Å². The van der Waals surface area contributed by atoms with Crippen LogP contribution in [0.3, 0.4) is 0 Å². The fraction of sp³-hybridized carbons (Fsp3) is 0.217. The summed E-state index contributed by atoms with van der Waals surface area (Å²) in [6, 6.07) is 8.62. The average Bonchev–Trinajstić information content (AvgIpc) is 3.47. The number of halogens is 2. The highest BCUT2D eigenvalue weighted by Crippen LogP contribution is 2.48. The van der Waals surface area contributed by atoms with Crippen LogP contribution in [-0.4, -0.2) is 31.4 Å². The minimum absolute atomic E-state index is 0.188. The molecule has 3 aromatic heterocycles. The van der Waals surface area contributed by atoms with E-state index in [1.54, 1.807) is 40.9 Å². The third kappa shape index (κ3) is 4.14. The first kappa shape index (κ1) is 22.3. The molecule has 4 N–H and O–H groups in total. The van der Waals surface area contributed by atoms with Crippen LogP contribution in [0.15, 0.2) is 58.6 Å². The summed E-state index contributed by atoms with van der Waals surface area (Å²) >= 11 is 0. The minimum Gasteiger partial charge on any atom is -0.403 e. The second-order valence-electron chi connectivity index (χ2n) is 8.35. The van der Waals surface area contributed by atoms with Crippen molar-refractivity contribution in [2.24, 2.45) is 10.8 Å². The van der Waals surface area contributed by atoms with Crippen LogP contribution >= 0.6 is 0 Å². The number of amides is 1. The Hall–Kier alpha value is -4.48. The number of nitrogens with two attached hydrogens (primary N) is 1. The van der Waals surface area contributed by atoms with Gasteiger partial charge in [-0.3, -0.25) is 9.20 Å². The lowest BCUT2D eigenvalue weighted by molar-refractivity contribution is -0.0925. The summed E-state index contributed by atoms with van der Waals surface area (Å²) in [6.45, 7) is 1.84. The van der Waals surface area contributed by atoms with Gasteiger partial charge in [0.15, 0.2) is 0 Å². The molecule has 1 aromatic carbocycles. The highest BCUT2D eigenvalue weighted by atomic mass is 19.3. The van der Waals surface area contributed by atoms with Crippen LogP contribution in [0.4, 0.5) is 14.5 Å². The van der Waals surface area contributed by atoms with Gasteiger partial charge in [-0.25, -0.2) is 19.3 Å². The molecule has 0 aliphatic heterocycles. The van der Waals surface area contributed by atoms with Crippen molar-refractivity contribution in [3.05, 3.63) is 71.6 Å². The van der Waals surface area contributed by atoms with E-state index in [4.69, 9.17) is 15.8 Å². The molecule has 5 rings (SSSR count). The molecule has 1 fully saturated rings. The van der Waals surface area contributed by atoms with E-state index in [0.29, 0.717) is 28.2 Å². The molecule has 178 valence electrons.